The van der Waals surface area contributed by atoms with E-state index in [9.17, 15) is 4.39 Å². The smallest absolute Gasteiger partial charge is 0.131 e. The van der Waals surface area contributed by atoms with Gasteiger partial charge in [-0.3, -0.25) is 0 Å². The Morgan fingerprint density at radius 2 is 1.71 bits per heavy atom. The molecule has 0 radical (unpaired) electrons. The van der Waals surface area contributed by atoms with Crippen molar-refractivity contribution in [1.82, 2.24) is 0 Å². The molecule has 0 aliphatic rings. The Balaban J connectivity index is 1.63. The van der Waals surface area contributed by atoms with Crippen LogP contribution >= 0.6 is 11.6 Å². The molecule has 0 bridgehead atoms. The van der Waals surface area contributed by atoms with Gasteiger partial charge < -0.3 is 10.1 Å². The molecule has 0 saturated carbocycles. The SMILES string of the molecule is Fc1cccc(Cl)c1COc1cccc(CNc2ccccc2)c1. The summed E-state index contributed by atoms with van der Waals surface area (Å²) in [6.45, 7) is 0.780. The van der Waals surface area contributed by atoms with Crippen LogP contribution in [-0.4, -0.2) is 0 Å². The summed E-state index contributed by atoms with van der Waals surface area (Å²) < 4.78 is 19.5. The molecule has 24 heavy (non-hydrogen) atoms. The standard InChI is InChI=1S/C20H17ClFNO/c21-19-10-5-11-20(22)18(19)14-24-17-9-4-6-15(12-17)13-23-16-7-2-1-3-8-16/h1-12,23H,13-14H2. The first-order valence-corrected chi connectivity index (χ1v) is 8.04. The fourth-order valence-electron chi connectivity index (χ4n) is 2.33. The van der Waals surface area contributed by atoms with E-state index in [0.29, 0.717) is 22.9 Å². The number of nitrogens with one attached hydrogen (secondary N) is 1. The van der Waals surface area contributed by atoms with Gasteiger partial charge in [0.05, 0.1) is 5.02 Å². The number of halogens is 2. The molecule has 0 atom stereocenters. The van der Waals surface area contributed by atoms with Gasteiger partial charge in [-0.2, -0.15) is 0 Å². The molecule has 2 nitrogen and oxygen atoms in total. The Morgan fingerprint density at radius 1 is 0.917 bits per heavy atom. The highest BCUT2D eigenvalue weighted by atomic mass is 35.5. The zero-order chi connectivity index (χ0) is 16.8. The van der Waals surface area contributed by atoms with E-state index in [1.807, 2.05) is 54.6 Å². The van der Waals surface area contributed by atoms with Gasteiger partial charge in [0.25, 0.3) is 0 Å². The molecule has 122 valence electrons. The molecule has 1 N–H and O–H groups in total. The van der Waals surface area contributed by atoms with Crippen molar-refractivity contribution in [2.24, 2.45) is 0 Å². The highest BCUT2D eigenvalue weighted by Gasteiger charge is 2.07. The molecule has 0 spiro atoms. The lowest BCUT2D eigenvalue weighted by atomic mass is 10.2. The number of benzene rings is 3. The van der Waals surface area contributed by atoms with Gasteiger partial charge in [0.15, 0.2) is 0 Å². The predicted molar refractivity (Wildman–Crippen MR) is 96.0 cm³/mol. The largest absolute Gasteiger partial charge is 0.489 e. The molecular formula is C20H17ClFNO. The fraction of sp³-hybridized carbons (Fsp3) is 0.100. The third-order valence-corrected chi connectivity index (χ3v) is 3.97. The Kier molecular flexibility index (Phi) is 5.34. The van der Waals surface area contributed by atoms with Gasteiger partial charge in [-0.15, -0.1) is 0 Å². The van der Waals surface area contributed by atoms with Crippen LogP contribution < -0.4 is 10.1 Å². The second kappa shape index (κ2) is 7.84. The Morgan fingerprint density at radius 3 is 2.50 bits per heavy atom. The van der Waals surface area contributed by atoms with Crippen LogP contribution in [0, 0.1) is 5.82 Å². The third-order valence-electron chi connectivity index (χ3n) is 3.61. The van der Waals surface area contributed by atoms with Crippen molar-refractivity contribution < 1.29 is 9.13 Å². The normalized spacial score (nSPS) is 10.4. The van der Waals surface area contributed by atoms with Gasteiger partial charge in [-0.05, 0) is 42.0 Å². The molecule has 0 unspecified atom stereocenters. The van der Waals surface area contributed by atoms with E-state index in [1.165, 1.54) is 6.07 Å². The quantitative estimate of drug-likeness (QED) is 0.623. The second-order valence-electron chi connectivity index (χ2n) is 5.36. The van der Waals surface area contributed by atoms with Gasteiger partial charge in [-0.1, -0.05) is 48.0 Å². The zero-order valence-electron chi connectivity index (χ0n) is 13.0. The Bertz CT molecular complexity index is 787. The average Bonchev–Trinajstić information content (AvgIpc) is 2.61. The molecule has 3 rings (SSSR count). The van der Waals surface area contributed by atoms with E-state index in [2.05, 4.69) is 5.32 Å². The molecule has 4 heteroatoms. The van der Waals surface area contributed by atoms with Crippen LogP contribution in [0.4, 0.5) is 10.1 Å². The summed E-state index contributed by atoms with van der Waals surface area (Å²) in [6.07, 6.45) is 0. The number of hydrogen-bond acceptors (Lipinski definition) is 2. The molecule has 3 aromatic rings. The highest BCUT2D eigenvalue weighted by Crippen LogP contribution is 2.22. The van der Waals surface area contributed by atoms with Crippen LogP contribution in [0.15, 0.2) is 72.8 Å². The van der Waals surface area contributed by atoms with Gasteiger partial charge in [-0.25, -0.2) is 4.39 Å². The van der Waals surface area contributed by atoms with Crippen molar-refractivity contribution in [2.75, 3.05) is 5.32 Å². The maximum Gasteiger partial charge on any atom is 0.131 e. The lowest BCUT2D eigenvalue weighted by molar-refractivity contribution is 0.299. The summed E-state index contributed by atoms with van der Waals surface area (Å²) in [4.78, 5) is 0. The molecule has 0 aromatic heterocycles. The van der Waals surface area contributed by atoms with Crippen molar-refractivity contribution in [3.63, 3.8) is 0 Å². The summed E-state index contributed by atoms with van der Waals surface area (Å²) in [5, 5.41) is 3.72. The number of hydrogen-bond donors (Lipinski definition) is 1. The molecule has 0 fully saturated rings. The number of rotatable bonds is 6. The van der Waals surface area contributed by atoms with Crippen LogP contribution in [0.3, 0.4) is 0 Å². The van der Waals surface area contributed by atoms with Crippen molar-refractivity contribution >= 4 is 17.3 Å². The Labute approximate surface area is 145 Å². The molecule has 0 aliphatic heterocycles. The van der Waals surface area contributed by atoms with E-state index in [-0.39, 0.29) is 12.4 Å². The van der Waals surface area contributed by atoms with E-state index >= 15 is 0 Å². The van der Waals surface area contributed by atoms with Crippen molar-refractivity contribution in [1.29, 1.82) is 0 Å². The van der Waals surface area contributed by atoms with Crippen LogP contribution in [0.25, 0.3) is 0 Å². The zero-order valence-corrected chi connectivity index (χ0v) is 13.8. The maximum atomic E-state index is 13.8. The summed E-state index contributed by atoms with van der Waals surface area (Å²) in [6, 6.07) is 22.3. The molecule has 3 aromatic carbocycles. The number of anilines is 1. The van der Waals surface area contributed by atoms with Crippen LogP contribution in [-0.2, 0) is 13.2 Å². The van der Waals surface area contributed by atoms with E-state index < -0.39 is 0 Å². The molecule has 0 aliphatic carbocycles. The maximum absolute atomic E-state index is 13.8. The minimum absolute atomic E-state index is 0.0983. The summed E-state index contributed by atoms with van der Waals surface area (Å²) >= 11 is 6.01. The van der Waals surface area contributed by atoms with E-state index in [0.717, 1.165) is 11.3 Å². The number of para-hydroxylation sites is 1. The second-order valence-corrected chi connectivity index (χ2v) is 5.76. The fourth-order valence-corrected chi connectivity index (χ4v) is 2.55. The Hall–Kier alpha value is -2.52. The molecule has 0 saturated heterocycles. The molecular weight excluding hydrogens is 325 g/mol. The first-order valence-electron chi connectivity index (χ1n) is 7.66. The van der Waals surface area contributed by atoms with Gasteiger partial charge in [0.1, 0.15) is 18.2 Å². The highest BCUT2D eigenvalue weighted by molar-refractivity contribution is 6.31. The third kappa shape index (κ3) is 4.27. The molecule has 0 amide bonds. The predicted octanol–water partition coefficient (Wildman–Crippen LogP) is 5.67. The average molecular weight is 342 g/mol. The monoisotopic (exact) mass is 341 g/mol. The summed E-state index contributed by atoms with van der Waals surface area (Å²) in [5.41, 5.74) is 2.50. The van der Waals surface area contributed by atoms with E-state index in [4.69, 9.17) is 16.3 Å². The van der Waals surface area contributed by atoms with Crippen LogP contribution in [0.1, 0.15) is 11.1 Å². The van der Waals surface area contributed by atoms with Crippen molar-refractivity contribution in [3.05, 3.63) is 94.8 Å². The van der Waals surface area contributed by atoms with Crippen molar-refractivity contribution in [2.45, 2.75) is 13.2 Å². The van der Waals surface area contributed by atoms with Gasteiger partial charge in [0.2, 0.25) is 0 Å². The van der Waals surface area contributed by atoms with Gasteiger partial charge in [0, 0.05) is 17.8 Å². The topological polar surface area (TPSA) is 21.3 Å². The minimum atomic E-state index is -0.357. The lowest BCUT2D eigenvalue weighted by Crippen LogP contribution is -2.02. The lowest BCUT2D eigenvalue weighted by Gasteiger charge is -2.11. The van der Waals surface area contributed by atoms with E-state index in [1.54, 1.807) is 12.1 Å². The minimum Gasteiger partial charge on any atom is -0.489 e. The summed E-state index contributed by atoms with van der Waals surface area (Å²) in [5.74, 6) is 0.325. The van der Waals surface area contributed by atoms with Crippen molar-refractivity contribution in [3.8, 4) is 5.75 Å². The first-order chi connectivity index (χ1) is 11.7. The number of ether oxygens (including phenoxy) is 1. The molecule has 0 heterocycles. The first kappa shape index (κ1) is 16.3. The summed E-state index contributed by atoms with van der Waals surface area (Å²) in [7, 11) is 0. The van der Waals surface area contributed by atoms with Gasteiger partial charge >= 0.3 is 0 Å². The van der Waals surface area contributed by atoms with Crippen LogP contribution in [0.2, 0.25) is 5.02 Å². The van der Waals surface area contributed by atoms with Crippen LogP contribution in [0.5, 0.6) is 5.75 Å².